The van der Waals surface area contributed by atoms with Crippen LogP contribution in [0.3, 0.4) is 0 Å². The zero-order valence-electron chi connectivity index (χ0n) is 11.9. The number of likely N-dealkylation sites (N-methyl/N-ethyl adjacent to an activating group) is 1. The molecule has 0 saturated heterocycles. The van der Waals surface area contributed by atoms with E-state index in [1.807, 2.05) is 14.0 Å². The van der Waals surface area contributed by atoms with Crippen molar-refractivity contribution in [1.82, 2.24) is 9.62 Å². The molecule has 6 heteroatoms. The van der Waals surface area contributed by atoms with Crippen LogP contribution in [-0.4, -0.2) is 44.1 Å². The van der Waals surface area contributed by atoms with Crippen LogP contribution in [0.2, 0.25) is 0 Å². The number of hydrogen-bond acceptors (Lipinski definition) is 4. The van der Waals surface area contributed by atoms with E-state index < -0.39 is 10.0 Å². The fourth-order valence-electron chi connectivity index (χ4n) is 2.07. The van der Waals surface area contributed by atoms with E-state index in [0.29, 0.717) is 18.2 Å². The van der Waals surface area contributed by atoms with Crippen LogP contribution >= 0.6 is 0 Å². The molecule has 2 rings (SSSR count). The summed E-state index contributed by atoms with van der Waals surface area (Å²) in [7, 11) is -1.44. The Morgan fingerprint density at radius 3 is 2.45 bits per heavy atom. The summed E-state index contributed by atoms with van der Waals surface area (Å²) in [4.78, 5) is 2.45. The third-order valence-electron chi connectivity index (χ3n) is 3.80. The Morgan fingerprint density at radius 1 is 1.35 bits per heavy atom. The van der Waals surface area contributed by atoms with Gasteiger partial charge in [-0.25, -0.2) is 13.1 Å². The maximum absolute atomic E-state index is 12.2. The maximum Gasteiger partial charge on any atom is 0.240 e. The van der Waals surface area contributed by atoms with Crippen LogP contribution in [-0.2, 0) is 16.6 Å². The Labute approximate surface area is 120 Å². The van der Waals surface area contributed by atoms with Crippen molar-refractivity contribution in [2.45, 2.75) is 43.4 Å². The quantitative estimate of drug-likeness (QED) is 0.786. The third kappa shape index (κ3) is 3.79. The van der Waals surface area contributed by atoms with Gasteiger partial charge in [0.2, 0.25) is 10.0 Å². The fourth-order valence-corrected chi connectivity index (χ4v) is 3.20. The molecule has 1 aromatic rings. The van der Waals surface area contributed by atoms with E-state index in [1.165, 1.54) is 25.0 Å². The molecule has 1 unspecified atom stereocenters. The van der Waals surface area contributed by atoms with Crippen LogP contribution in [0, 0.1) is 0 Å². The van der Waals surface area contributed by atoms with Gasteiger partial charge in [0.25, 0.3) is 0 Å². The maximum atomic E-state index is 12.2. The van der Waals surface area contributed by atoms with Gasteiger partial charge in [0.1, 0.15) is 0 Å². The normalized spacial score (nSPS) is 17.4. The zero-order valence-corrected chi connectivity index (χ0v) is 12.7. The van der Waals surface area contributed by atoms with E-state index in [-0.39, 0.29) is 17.5 Å². The molecule has 1 fully saturated rings. The molecule has 0 heterocycles. The summed E-state index contributed by atoms with van der Waals surface area (Å²) in [6, 6.07) is 7.06. The number of nitrogens with one attached hydrogen (secondary N) is 1. The van der Waals surface area contributed by atoms with Gasteiger partial charge in [-0.3, -0.25) is 4.90 Å². The molecule has 0 amide bonds. The molecule has 0 spiro atoms. The molecule has 112 valence electrons. The van der Waals surface area contributed by atoms with E-state index >= 15 is 0 Å². The number of aliphatic hydroxyl groups excluding tert-OH is 1. The first-order valence-corrected chi connectivity index (χ1v) is 8.34. The van der Waals surface area contributed by atoms with Crippen LogP contribution < -0.4 is 4.72 Å². The summed E-state index contributed by atoms with van der Waals surface area (Å²) >= 11 is 0. The molecule has 1 aromatic carbocycles. The van der Waals surface area contributed by atoms with Gasteiger partial charge < -0.3 is 5.11 Å². The zero-order chi connectivity index (χ0) is 14.8. The lowest BCUT2D eigenvalue weighted by Crippen LogP contribution is -2.41. The van der Waals surface area contributed by atoms with E-state index in [4.69, 9.17) is 5.11 Å². The monoisotopic (exact) mass is 298 g/mol. The topological polar surface area (TPSA) is 69.6 Å². The first kappa shape index (κ1) is 15.4. The first-order valence-electron chi connectivity index (χ1n) is 6.85. The summed E-state index contributed by atoms with van der Waals surface area (Å²) in [5, 5.41) is 8.96. The molecule has 1 aliphatic rings. The highest BCUT2D eigenvalue weighted by molar-refractivity contribution is 7.89. The predicted octanol–water partition coefficient (Wildman–Crippen LogP) is 0.940. The van der Waals surface area contributed by atoms with Gasteiger partial charge >= 0.3 is 0 Å². The van der Waals surface area contributed by atoms with Gasteiger partial charge in [-0.1, -0.05) is 12.1 Å². The van der Waals surface area contributed by atoms with Crippen molar-refractivity contribution in [2.75, 3.05) is 13.6 Å². The Kier molecular flexibility index (Phi) is 4.80. The number of benzene rings is 1. The Hall–Kier alpha value is -0.950. The Bertz CT molecular complexity index is 538. The largest absolute Gasteiger partial charge is 0.392 e. The second kappa shape index (κ2) is 6.22. The van der Waals surface area contributed by atoms with E-state index in [2.05, 4.69) is 9.62 Å². The van der Waals surface area contributed by atoms with Crippen molar-refractivity contribution in [2.24, 2.45) is 0 Å². The van der Waals surface area contributed by atoms with Crippen LogP contribution in [0.4, 0.5) is 0 Å². The van der Waals surface area contributed by atoms with Gasteiger partial charge in [-0.2, -0.15) is 0 Å². The van der Waals surface area contributed by atoms with Crippen LogP contribution in [0.25, 0.3) is 0 Å². The summed E-state index contributed by atoms with van der Waals surface area (Å²) < 4.78 is 26.9. The minimum atomic E-state index is -3.48. The smallest absolute Gasteiger partial charge is 0.240 e. The van der Waals surface area contributed by atoms with Gasteiger partial charge in [0.15, 0.2) is 0 Å². The first-order chi connectivity index (χ1) is 9.44. The number of nitrogens with zero attached hydrogens (tertiary/aromatic N) is 1. The molecule has 0 bridgehead atoms. The SMILES string of the molecule is CC(CNS(=O)(=O)c1ccc(CO)cc1)N(C)C1CC1. The highest BCUT2D eigenvalue weighted by Gasteiger charge is 2.29. The average molecular weight is 298 g/mol. The lowest BCUT2D eigenvalue weighted by atomic mass is 10.2. The highest BCUT2D eigenvalue weighted by Crippen LogP contribution is 2.26. The molecule has 0 aliphatic heterocycles. The van der Waals surface area contributed by atoms with Gasteiger partial charge in [0.05, 0.1) is 11.5 Å². The molecule has 2 N–H and O–H groups in total. The summed E-state index contributed by atoms with van der Waals surface area (Å²) in [6.07, 6.45) is 2.41. The van der Waals surface area contributed by atoms with Crippen LogP contribution in [0.15, 0.2) is 29.2 Å². The Morgan fingerprint density at radius 2 is 1.95 bits per heavy atom. The molecule has 5 nitrogen and oxygen atoms in total. The number of hydrogen-bond donors (Lipinski definition) is 2. The van der Waals surface area contributed by atoms with E-state index in [0.717, 1.165) is 0 Å². The molecule has 1 aliphatic carbocycles. The summed E-state index contributed by atoms with van der Waals surface area (Å²) in [5.74, 6) is 0. The average Bonchev–Trinajstić information content (AvgIpc) is 3.28. The second-order valence-corrected chi connectivity index (χ2v) is 7.17. The second-order valence-electron chi connectivity index (χ2n) is 5.40. The lowest BCUT2D eigenvalue weighted by Gasteiger charge is -2.24. The van der Waals surface area contributed by atoms with Crippen molar-refractivity contribution in [3.8, 4) is 0 Å². The molecule has 1 atom stereocenters. The summed E-state index contributed by atoms with van der Waals surface area (Å²) in [5.41, 5.74) is 0.700. The number of aliphatic hydroxyl groups is 1. The van der Waals surface area contributed by atoms with Crippen LogP contribution in [0.5, 0.6) is 0 Å². The molecule has 0 aromatic heterocycles. The highest BCUT2D eigenvalue weighted by atomic mass is 32.2. The van der Waals surface area contributed by atoms with Crippen molar-refractivity contribution in [3.63, 3.8) is 0 Å². The van der Waals surface area contributed by atoms with Crippen LogP contribution in [0.1, 0.15) is 25.3 Å². The number of sulfonamides is 1. The predicted molar refractivity (Wildman–Crippen MR) is 77.8 cm³/mol. The molecular formula is C14H22N2O3S. The van der Waals surface area contributed by atoms with Crippen molar-refractivity contribution < 1.29 is 13.5 Å². The van der Waals surface area contributed by atoms with Gasteiger partial charge in [0, 0.05) is 18.6 Å². The lowest BCUT2D eigenvalue weighted by molar-refractivity contribution is 0.248. The van der Waals surface area contributed by atoms with Gasteiger partial charge in [-0.05, 0) is 44.5 Å². The molecule has 0 radical (unpaired) electrons. The molecular weight excluding hydrogens is 276 g/mol. The van der Waals surface area contributed by atoms with E-state index in [9.17, 15) is 8.42 Å². The standard InChI is InChI=1S/C14H22N2O3S/c1-11(16(2)13-5-6-13)9-15-20(18,19)14-7-3-12(10-17)4-8-14/h3-4,7-8,11,13,15,17H,5-6,9-10H2,1-2H3. The van der Waals surface area contributed by atoms with Gasteiger partial charge in [-0.15, -0.1) is 0 Å². The Balaban J connectivity index is 1.95. The van der Waals surface area contributed by atoms with E-state index in [1.54, 1.807) is 12.1 Å². The third-order valence-corrected chi connectivity index (χ3v) is 5.24. The summed E-state index contributed by atoms with van der Waals surface area (Å²) in [6.45, 7) is 2.34. The fraction of sp³-hybridized carbons (Fsp3) is 0.571. The minimum Gasteiger partial charge on any atom is -0.392 e. The molecule has 1 saturated carbocycles. The van der Waals surface area contributed by atoms with Crippen molar-refractivity contribution in [3.05, 3.63) is 29.8 Å². The van der Waals surface area contributed by atoms with Crippen molar-refractivity contribution >= 4 is 10.0 Å². The van der Waals surface area contributed by atoms with Crippen molar-refractivity contribution in [1.29, 1.82) is 0 Å². The molecule has 20 heavy (non-hydrogen) atoms. The number of rotatable bonds is 7. The minimum absolute atomic E-state index is 0.0863.